The SMILES string of the molecule is COc1cccc2c1C(=O)c1c(O)c3c(c(O)c1C2=O)C[C@@](O)(C(=O)CO)C[C@@H]3OC1C[C@H](C)[C@H](O)[C@H](C)O1. The average Bonchev–Trinajstić information content (AvgIpc) is 2.90. The van der Waals surface area contributed by atoms with Crippen LogP contribution in [0.3, 0.4) is 0 Å². The van der Waals surface area contributed by atoms with Gasteiger partial charge in [0.1, 0.15) is 29.5 Å². The second-order valence-corrected chi connectivity index (χ2v) is 10.5. The summed E-state index contributed by atoms with van der Waals surface area (Å²) in [5.74, 6) is -3.87. The van der Waals surface area contributed by atoms with Crippen molar-refractivity contribution < 1.29 is 54.1 Å². The van der Waals surface area contributed by atoms with Gasteiger partial charge in [0.05, 0.1) is 42.1 Å². The molecule has 0 saturated carbocycles. The van der Waals surface area contributed by atoms with E-state index in [4.69, 9.17) is 14.2 Å². The number of hydrogen-bond acceptors (Lipinski definition) is 11. The number of phenols is 2. The maximum absolute atomic E-state index is 13.7. The molecule has 11 heteroatoms. The first kappa shape index (κ1) is 27.2. The molecule has 2 aromatic rings. The van der Waals surface area contributed by atoms with Crippen molar-refractivity contribution in [2.24, 2.45) is 5.92 Å². The smallest absolute Gasteiger partial charge is 0.202 e. The van der Waals surface area contributed by atoms with Gasteiger partial charge in [-0.05, 0) is 18.9 Å². The molecule has 1 unspecified atom stereocenters. The maximum atomic E-state index is 13.7. The van der Waals surface area contributed by atoms with Crippen LogP contribution in [0, 0.1) is 5.92 Å². The van der Waals surface area contributed by atoms with E-state index in [2.05, 4.69) is 0 Å². The summed E-state index contributed by atoms with van der Waals surface area (Å²) >= 11 is 0. The van der Waals surface area contributed by atoms with E-state index < -0.39 is 89.6 Å². The fourth-order valence-electron chi connectivity index (χ4n) is 5.95. The number of aliphatic hydroxyl groups is 3. The Balaban J connectivity index is 1.69. The van der Waals surface area contributed by atoms with Gasteiger partial charge in [0.15, 0.2) is 17.9 Å². The Morgan fingerprint density at radius 2 is 1.79 bits per heavy atom. The number of benzene rings is 2. The Morgan fingerprint density at radius 1 is 1.10 bits per heavy atom. The van der Waals surface area contributed by atoms with Crippen LogP contribution in [0.25, 0.3) is 0 Å². The van der Waals surface area contributed by atoms with Gasteiger partial charge in [-0.2, -0.15) is 0 Å². The quantitative estimate of drug-likeness (QED) is 0.293. The zero-order valence-corrected chi connectivity index (χ0v) is 21.6. The molecular formula is C28H30O11. The number of carbonyl (C=O) groups excluding carboxylic acids is 3. The van der Waals surface area contributed by atoms with Crippen LogP contribution in [0.15, 0.2) is 18.2 Å². The molecule has 0 radical (unpaired) electrons. The minimum atomic E-state index is -2.21. The molecular weight excluding hydrogens is 512 g/mol. The predicted octanol–water partition coefficient (Wildman–Crippen LogP) is 1.31. The highest BCUT2D eigenvalue weighted by Gasteiger charge is 2.50. The van der Waals surface area contributed by atoms with E-state index in [-0.39, 0.29) is 40.3 Å². The van der Waals surface area contributed by atoms with E-state index in [1.54, 1.807) is 13.8 Å². The molecule has 1 saturated heterocycles. The van der Waals surface area contributed by atoms with Gasteiger partial charge >= 0.3 is 0 Å². The average molecular weight is 543 g/mol. The molecule has 2 aliphatic carbocycles. The summed E-state index contributed by atoms with van der Waals surface area (Å²) in [4.78, 5) is 39.8. The lowest BCUT2D eigenvalue weighted by Gasteiger charge is -2.42. The molecule has 5 rings (SSSR count). The lowest BCUT2D eigenvalue weighted by atomic mass is 9.72. The van der Waals surface area contributed by atoms with Crippen molar-refractivity contribution in [1.82, 2.24) is 0 Å². The Morgan fingerprint density at radius 3 is 2.44 bits per heavy atom. The van der Waals surface area contributed by atoms with Crippen molar-refractivity contribution in [1.29, 1.82) is 0 Å². The first-order valence-electron chi connectivity index (χ1n) is 12.7. The first-order valence-corrected chi connectivity index (χ1v) is 12.7. The molecule has 5 N–H and O–H groups in total. The summed E-state index contributed by atoms with van der Waals surface area (Å²) in [6.45, 7) is 2.46. The molecule has 11 nitrogen and oxygen atoms in total. The number of rotatable bonds is 5. The lowest BCUT2D eigenvalue weighted by molar-refractivity contribution is -0.255. The minimum absolute atomic E-state index is 0.0380. The summed E-state index contributed by atoms with van der Waals surface area (Å²) in [6, 6.07) is 4.40. The molecule has 39 heavy (non-hydrogen) atoms. The topological polar surface area (TPSA) is 180 Å². The van der Waals surface area contributed by atoms with Crippen LogP contribution >= 0.6 is 0 Å². The number of ether oxygens (including phenoxy) is 3. The third-order valence-electron chi connectivity index (χ3n) is 8.05. The van der Waals surface area contributed by atoms with E-state index in [0.29, 0.717) is 0 Å². The van der Waals surface area contributed by atoms with Crippen molar-refractivity contribution in [3.63, 3.8) is 0 Å². The van der Waals surface area contributed by atoms with Crippen LogP contribution in [0.5, 0.6) is 17.2 Å². The summed E-state index contributed by atoms with van der Waals surface area (Å²) in [7, 11) is 1.33. The highest BCUT2D eigenvalue weighted by Crippen LogP contribution is 2.52. The fraction of sp³-hybridized carbons (Fsp3) is 0.464. The lowest BCUT2D eigenvalue weighted by Crippen LogP contribution is -2.49. The molecule has 3 aliphatic rings. The third-order valence-corrected chi connectivity index (χ3v) is 8.05. The number of Topliss-reactive ketones (excluding diaryl/α,β-unsaturated/α-hetero) is 1. The Kier molecular flexibility index (Phi) is 6.76. The van der Waals surface area contributed by atoms with Gasteiger partial charge in [-0.15, -0.1) is 0 Å². The van der Waals surface area contributed by atoms with Gasteiger partial charge in [-0.3, -0.25) is 14.4 Å². The van der Waals surface area contributed by atoms with Gasteiger partial charge in [-0.25, -0.2) is 0 Å². The minimum Gasteiger partial charge on any atom is -0.507 e. The summed E-state index contributed by atoms with van der Waals surface area (Å²) < 4.78 is 17.2. The second-order valence-electron chi connectivity index (χ2n) is 10.5. The molecule has 0 aromatic heterocycles. The van der Waals surface area contributed by atoms with Crippen LogP contribution in [-0.2, 0) is 20.7 Å². The standard InChI is InChI=1S/C28H30O11/c1-11-7-18(38-12(2)23(11)31)39-16-9-28(36,17(30)10-29)8-14-20(16)27(35)22-21(25(14)33)24(32)13-5-4-6-15(37-3)19(13)26(22)34/h4-6,11-12,16,18,23,29,31,33,35-36H,7-10H2,1-3H3/t11-,12-,16-,18?,23-,28-/m0/s1. The van der Waals surface area contributed by atoms with E-state index in [1.807, 2.05) is 0 Å². The number of fused-ring (bicyclic) bond motifs is 3. The number of phenolic OH excluding ortho intramolecular Hbond substituents is 2. The molecule has 1 aliphatic heterocycles. The highest BCUT2D eigenvalue weighted by atomic mass is 16.7. The summed E-state index contributed by atoms with van der Waals surface area (Å²) in [5, 5.41) is 53.9. The molecule has 0 spiro atoms. The number of hydrogen-bond donors (Lipinski definition) is 5. The van der Waals surface area contributed by atoms with Crippen molar-refractivity contribution >= 4 is 17.3 Å². The van der Waals surface area contributed by atoms with Gasteiger partial charge in [-0.1, -0.05) is 19.1 Å². The Bertz CT molecular complexity index is 1370. The summed E-state index contributed by atoms with van der Waals surface area (Å²) in [5.41, 5.74) is -3.45. The Hall–Kier alpha value is -3.35. The van der Waals surface area contributed by atoms with E-state index >= 15 is 0 Å². The number of ketones is 3. The van der Waals surface area contributed by atoms with Crippen LogP contribution in [-0.4, -0.2) is 80.7 Å². The zero-order valence-electron chi connectivity index (χ0n) is 21.6. The van der Waals surface area contributed by atoms with Crippen LogP contribution < -0.4 is 4.74 Å². The highest BCUT2D eigenvalue weighted by molar-refractivity contribution is 6.31. The van der Waals surface area contributed by atoms with Gasteiger partial charge in [0, 0.05) is 36.0 Å². The van der Waals surface area contributed by atoms with Crippen molar-refractivity contribution in [2.75, 3.05) is 13.7 Å². The van der Waals surface area contributed by atoms with Crippen molar-refractivity contribution in [3.05, 3.63) is 51.6 Å². The van der Waals surface area contributed by atoms with E-state index in [9.17, 15) is 39.9 Å². The monoisotopic (exact) mass is 542 g/mol. The van der Waals surface area contributed by atoms with Crippen LogP contribution in [0.2, 0.25) is 0 Å². The van der Waals surface area contributed by atoms with Crippen LogP contribution in [0.1, 0.15) is 75.8 Å². The molecule has 0 bridgehead atoms. The van der Waals surface area contributed by atoms with E-state index in [0.717, 1.165) is 0 Å². The number of aliphatic hydroxyl groups excluding tert-OH is 2. The van der Waals surface area contributed by atoms with Crippen molar-refractivity contribution in [2.45, 2.75) is 63.3 Å². The third kappa shape index (κ3) is 4.12. The molecule has 208 valence electrons. The second kappa shape index (κ2) is 9.68. The van der Waals surface area contributed by atoms with Crippen molar-refractivity contribution in [3.8, 4) is 17.2 Å². The summed E-state index contributed by atoms with van der Waals surface area (Å²) in [6.07, 6.45) is -4.31. The van der Waals surface area contributed by atoms with Gasteiger partial charge < -0.3 is 39.7 Å². The maximum Gasteiger partial charge on any atom is 0.202 e. The predicted molar refractivity (Wildman–Crippen MR) is 133 cm³/mol. The normalized spacial score (nSPS) is 29.8. The molecule has 2 aromatic carbocycles. The number of carbonyl (C=O) groups is 3. The molecule has 1 heterocycles. The zero-order chi connectivity index (χ0) is 28.4. The first-order chi connectivity index (χ1) is 18.4. The molecule has 1 fully saturated rings. The van der Waals surface area contributed by atoms with E-state index in [1.165, 1.54) is 25.3 Å². The van der Waals surface area contributed by atoms with Crippen LogP contribution in [0.4, 0.5) is 0 Å². The van der Waals surface area contributed by atoms with Gasteiger partial charge in [0.2, 0.25) is 5.78 Å². The fourth-order valence-corrected chi connectivity index (χ4v) is 5.95. The molecule has 6 atom stereocenters. The molecule has 0 amide bonds. The van der Waals surface area contributed by atoms with Gasteiger partial charge in [0.25, 0.3) is 0 Å². The number of methoxy groups -OCH3 is 1. The largest absolute Gasteiger partial charge is 0.507 e. The number of aromatic hydroxyl groups is 2. The Labute approximate surface area is 223 Å².